The lowest BCUT2D eigenvalue weighted by Crippen LogP contribution is -2.25. The number of hydrogen-bond acceptors (Lipinski definition) is 5. The molecule has 10 heteroatoms. The van der Waals surface area contributed by atoms with Gasteiger partial charge in [-0.1, -0.05) is 55.1 Å². The molecular weight excluding hydrogens is 587 g/mol. The zero-order chi connectivity index (χ0) is 27.4. The fourth-order valence-electron chi connectivity index (χ4n) is 4.68. The molecule has 0 spiro atoms. The molecule has 7 nitrogen and oxygen atoms in total. The predicted molar refractivity (Wildman–Crippen MR) is 154 cm³/mol. The lowest BCUT2D eigenvalue weighted by molar-refractivity contribution is -0.118. The van der Waals surface area contributed by atoms with Crippen LogP contribution in [0.2, 0.25) is 5.02 Å². The van der Waals surface area contributed by atoms with E-state index in [4.69, 9.17) is 21.3 Å². The van der Waals surface area contributed by atoms with Crippen molar-refractivity contribution < 1.29 is 13.9 Å². The number of nitrogens with one attached hydrogen (secondary N) is 1. The van der Waals surface area contributed by atoms with Gasteiger partial charge in [0.15, 0.2) is 12.4 Å². The third-order valence-electron chi connectivity index (χ3n) is 6.59. The maximum atomic E-state index is 13.8. The predicted octanol–water partition coefficient (Wildman–Crippen LogP) is 6.90. The van der Waals surface area contributed by atoms with Gasteiger partial charge in [-0.05, 0) is 70.7 Å². The van der Waals surface area contributed by atoms with Crippen LogP contribution in [-0.4, -0.2) is 28.4 Å². The maximum Gasteiger partial charge on any atom is 0.282 e. The highest BCUT2D eigenvalue weighted by Gasteiger charge is 2.22. The molecular formula is C29H25BrClFN4O3. The summed E-state index contributed by atoms with van der Waals surface area (Å²) in [5.74, 6) is 0.00794. The van der Waals surface area contributed by atoms with Gasteiger partial charge in [-0.3, -0.25) is 9.59 Å². The zero-order valence-electron chi connectivity index (χ0n) is 20.9. The lowest BCUT2D eigenvalue weighted by atomic mass is 9.88. The Labute approximate surface area is 237 Å². The zero-order valence-corrected chi connectivity index (χ0v) is 23.2. The summed E-state index contributed by atoms with van der Waals surface area (Å²) < 4.78 is 21.3. The quantitative estimate of drug-likeness (QED) is 0.231. The summed E-state index contributed by atoms with van der Waals surface area (Å²) >= 11 is 9.89. The van der Waals surface area contributed by atoms with Crippen molar-refractivity contribution in [2.45, 2.75) is 38.0 Å². The normalized spacial score (nSPS) is 14.1. The number of carbonyl (C=O) groups excluding carboxylic acids is 1. The van der Waals surface area contributed by atoms with E-state index in [2.05, 4.69) is 26.3 Å². The number of rotatable bonds is 7. The molecule has 1 aliphatic carbocycles. The molecule has 39 heavy (non-hydrogen) atoms. The number of amides is 1. The minimum Gasteiger partial charge on any atom is -0.481 e. The second kappa shape index (κ2) is 12.1. The number of benzene rings is 3. The number of para-hydroxylation sites is 2. The van der Waals surface area contributed by atoms with Gasteiger partial charge in [0.2, 0.25) is 0 Å². The summed E-state index contributed by atoms with van der Waals surface area (Å²) in [4.78, 5) is 30.5. The van der Waals surface area contributed by atoms with Gasteiger partial charge in [0.25, 0.3) is 11.5 Å². The molecule has 0 radical (unpaired) electrons. The molecule has 1 fully saturated rings. The highest BCUT2D eigenvalue weighted by Crippen LogP contribution is 2.35. The number of fused-ring (bicyclic) bond motifs is 1. The van der Waals surface area contributed by atoms with Crippen LogP contribution in [0, 0.1) is 5.82 Å². The Morgan fingerprint density at radius 2 is 1.90 bits per heavy atom. The van der Waals surface area contributed by atoms with Crippen molar-refractivity contribution in [1.29, 1.82) is 0 Å². The summed E-state index contributed by atoms with van der Waals surface area (Å²) in [5, 5.41) is 7.74. The molecule has 3 aromatic carbocycles. The van der Waals surface area contributed by atoms with Gasteiger partial charge >= 0.3 is 0 Å². The molecule has 0 bridgehead atoms. The Morgan fingerprint density at radius 1 is 1.15 bits per heavy atom. The Bertz CT molecular complexity index is 1600. The third-order valence-corrected chi connectivity index (χ3v) is 7.46. The molecule has 4 aromatic rings. The summed E-state index contributed by atoms with van der Waals surface area (Å²) in [6.45, 7) is -0.372. The molecule has 5 rings (SSSR count). The maximum absolute atomic E-state index is 13.8. The van der Waals surface area contributed by atoms with Crippen molar-refractivity contribution in [1.82, 2.24) is 9.66 Å². The Hall–Kier alpha value is -3.56. The van der Waals surface area contributed by atoms with Crippen molar-refractivity contribution in [3.05, 3.63) is 97.7 Å². The second-order valence-electron chi connectivity index (χ2n) is 9.31. The number of ether oxygens (including phenoxy) is 1. The molecule has 200 valence electrons. The van der Waals surface area contributed by atoms with E-state index in [0.717, 1.165) is 25.7 Å². The summed E-state index contributed by atoms with van der Waals surface area (Å²) in [5.41, 5.74) is 1.13. The topological polar surface area (TPSA) is 85.6 Å². The number of anilines is 1. The van der Waals surface area contributed by atoms with Gasteiger partial charge < -0.3 is 10.1 Å². The molecule has 1 amide bonds. The van der Waals surface area contributed by atoms with Gasteiger partial charge in [-0.25, -0.2) is 9.37 Å². The number of nitrogens with zero attached hydrogens (tertiary/aromatic N) is 3. The van der Waals surface area contributed by atoms with E-state index in [0.29, 0.717) is 26.8 Å². The van der Waals surface area contributed by atoms with Crippen molar-refractivity contribution in [3.63, 3.8) is 0 Å². The Balaban J connectivity index is 1.38. The highest BCUT2D eigenvalue weighted by atomic mass is 79.9. The first-order valence-corrected chi connectivity index (χ1v) is 13.8. The molecule has 1 saturated carbocycles. The standard InChI is InChI=1S/C29H25BrClFN4O3/c30-21-14-18(15-22(31)27(21)39-17-26(37)34-25-13-7-5-11-23(25)32)16-33-36-28(19-8-2-1-3-9-19)35-24-12-6-4-10-20(24)29(36)38/h4-7,10-16,19H,1-3,8-9,17H2,(H,34,37). The van der Waals surface area contributed by atoms with Gasteiger partial charge in [-0.15, -0.1) is 0 Å². The van der Waals surface area contributed by atoms with E-state index in [1.807, 2.05) is 18.2 Å². The van der Waals surface area contributed by atoms with Crippen molar-refractivity contribution in [2.24, 2.45) is 5.10 Å². The van der Waals surface area contributed by atoms with E-state index in [1.165, 1.54) is 29.3 Å². The molecule has 0 aliphatic heterocycles. The van der Waals surface area contributed by atoms with Crippen LogP contribution in [0.3, 0.4) is 0 Å². The van der Waals surface area contributed by atoms with Crippen LogP contribution in [0.5, 0.6) is 5.75 Å². The van der Waals surface area contributed by atoms with Crippen LogP contribution < -0.4 is 15.6 Å². The monoisotopic (exact) mass is 610 g/mol. The first kappa shape index (κ1) is 27.0. The fraction of sp³-hybridized carbons (Fsp3) is 0.241. The first-order chi connectivity index (χ1) is 18.9. The molecule has 1 aliphatic rings. The van der Waals surface area contributed by atoms with E-state index < -0.39 is 11.7 Å². The Morgan fingerprint density at radius 3 is 2.67 bits per heavy atom. The Kier molecular flexibility index (Phi) is 8.38. The van der Waals surface area contributed by atoms with E-state index in [1.54, 1.807) is 30.5 Å². The second-order valence-corrected chi connectivity index (χ2v) is 10.6. The van der Waals surface area contributed by atoms with E-state index >= 15 is 0 Å². The van der Waals surface area contributed by atoms with Gasteiger partial charge in [0, 0.05) is 5.92 Å². The molecule has 0 saturated heterocycles. The first-order valence-electron chi connectivity index (χ1n) is 12.6. The lowest BCUT2D eigenvalue weighted by Gasteiger charge is -2.22. The van der Waals surface area contributed by atoms with Gasteiger partial charge in [0.1, 0.15) is 11.6 Å². The van der Waals surface area contributed by atoms with Crippen molar-refractivity contribution in [3.8, 4) is 5.75 Å². The SMILES string of the molecule is O=C(COc1c(Cl)cc(C=Nn2c(C3CCCCC3)nc3ccccc3c2=O)cc1Br)Nc1ccccc1F. The van der Waals surface area contributed by atoms with E-state index in [-0.39, 0.29) is 34.5 Å². The molecule has 1 aromatic heterocycles. The van der Waals surface area contributed by atoms with Crippen LogP contribution in [0.1, 0.15) is 49.4 Å². The van der Waals surface area contributed by atoms with Crippen LogP contribution in [-0.2, 0) is 4.79 Å². The molecule has 0 atom stereocenters. The largest absolute Gasteiger partial charge is 0.481 e. The molecule has 0 unspecified atom stereocenters. The number of halogens is 3. The molecule has 1 heterocycles. The summed E-state index contributed by atoms with van der Waals surface area (Å²) in [6.07, 6.45) is 6.86. The third kappa shape index (κ3) is 6.20. The fourth-order valence-corrected chi connectivity index (χ4v) is 5.67. The number of carbonyl (C=O) groups is 1. The smallest absolute Gasteiger partial charge is 0.282 e. The van der Waals surface area contributed by atoms with Crippen molar-refractivity contribution >= 4 is 56.2 Å². The van der Waals surface area contributed by atoms with E-state index in [9.17, 15) is 14.0 Å². The number of aromatic nitrogens is 2. The minimum absolute atomic E-state index is 0.0637. The van der Waals surface area contributed by atoms with Crippen LogP contribution in [0.25, 0.3) is 10.9 Å². The van der Waals surface area contributed by atoms with Gasteiger partial charge in [0.05, 0.1) is 32.3 Å². The van der Waals surface area contributed by atoms with Gasteiger partial charge in [-0.2, -0.15) is 9.78 Å². The average molecular weight is 612 g/mol. The number of hydrogen-bond donors (Lipinski definition) is 1. The van der Waals surface area contributed by atoms with Crippen LogP contribution in [0.15, 0.2) is 75.0 Å². The van der Waals surface area contributed by atoms with Crippen molar-refractivity contribution in [2.75, 3.05) is 11.9 Å². The minimum atomic E-state index is -0.541. The van der Waals surface area contributed by atoms with Crippen LogP contribution >= 0.6 is 27.5 Å². The van der Waals surface area contributed by atoms with Crippen LogP contribution in [0.4, 0.5) is 10.1 Å². The average Bonchev–Trinajstić information content (AvgIpc) is 2.94. The molecule has 1 N–H and O–H groups in total. The summed E-state index contributed by atoms with van der Waals surface area (Å²) in [6, 6.07) is 16.5. The highest BCUT2D eigenvalue weighted by molar-refractivity contribution is 9.10. The summed E-state index contributed by atoms with van der Waals surface area (Å²) in [7, 11) is 0.